The van der Waals surface area contributed by atoms with Crippen molar-refractivity contribution in [2.45, 2.75) is 26.2 Å². The molecule has 0 atom stereocenters. The summed E-state index contributed by atoms with van der Waals surface area (Å²) in [6, 6.07) is 5.96. The van der Waals surface area contributed by atoms with Crippen LogP contribution in [0.2, 0.25) is 0 Å². The molecule has 0 saturated heterocycles. The molecule has 92 valence electrons. The zero-order valence-corrected chi connectivity index (χ0v) is 12.3. The summed E-state index contributed by atoms with van der Waals surface area (Å²) in [5.41, 5.74) is 8.12. The zero-order valence-electron chi connectivity index (χ0n) is 9.92. The van der Waals surface area contributed by atoms with Crippen LogP contribution in [-0.2, 0) is 0 Å². The highest BCUT2D eigenvalue weighted by Gasteiger charge is 2.31. The Labute approximate surface area is 116 Å². The van der Waals surface area contributed by atoms with Gasteiger partial charge in [-0.3, -0.25) is 0 Å². The summed E-state index contributed by atoms with van der Waals surface area (Å²) in [7, 11) is 0. The van der Waals surface area contributed by atoms with Gasteiger partial charge in [0.05, 0.1) is 0 Å². The van der Waals surface area contributed by atoms with Crippen LogP contribution in [0.3, 0.4) is 0 Å². The largest absolute Gasteiger partial charge is 0.389 e. The van der Waals surface area contributed by atoms with E-state index in [-0.39, 0.29) is 0 Å². The third kappa shape index (κ3) is 2.99. The highest BCUT2D eigenvalue weighted by molar-refractivity contribution is 9.10. The second-order valence-corrected chi connectivity index (χ2v) is 6.43. The highest BCUT2D eigenvalue weighted by atomic mass is 79.9. The average molecular weight is 313 g/mol. The Morgan fingerprint density at radius 1 is 1.53 bits per heavy atom. The van der Waals surface area contributed by atoms with E-state index < -0.39 is 0 Å². The number of nitrogens with two attached hydrogens (primary N) is 1. The molecule has 0 aliphatic heterocycles. The van der Waals surface area contributed by atoms with Crippen molar-refractivity contribution >= 4 is 38.8 Å². The highest BCUT2D eigenvalue weighted by Crippen LogP contribution is 2.40. The van der Waals surface area contributed by atoms with Gasteiger partial charge in [-0.15, -0.1) is 0 Å². The van der Waals surface area contributed by atoms with Crippen molar-refractivity contribution in [1.82, 2.24) is 0 Å². The molecule has 1 aliphatic rings. The van der Waals surface area contributed by atoms with Gasteiger partial charge in [0.1, 0.15) is 4.99 Å². The number of halogens is 1. The molecule has 1 saturated carbocycles. The molecule has 0 bridgehead atoms. The molecule has 0 amide bonds. The molecule has 4 heteroatoms. The lowest BCUT2D eigenvalue weighted by Gasteiger charge is -2.38. The van der Waals surface area contributed by atoms with E-state index in [9.17, 15) is 0 Å². The topological polar surface area (TPSA) is 38.0 Å². The fourth-order valence-electron chi connectivity index (χ4n) is 2.14. The van der Waals surface area contributed by atoms with Crippen molar-refractivity contribution in [3.05, 3.63) is 28.2 Å². The number of rotatable bonds is 4. The quantitative estimate of drug-likeness (QED) is 0.833. The molecule has 1 aromatic carbocycles. The van der Waals surface area contributed by atoms with Crippen LogP contribution in [0.15, 0.2) is 22.7 Å². The van der Waals surface area contributed by atoms with Crippen molar-refractivity contribution < 1.29 is 0 Å². The molecule has 0 spiro atoms. The fraction of sp³-hybridized carbons (Fsp3) is 0.462. The Balaban J connectivity index is 2.13. The molecule has 3 N–H and O–H groups in total. The SMILES string of the molecule is CC1(CNc2cc(Br)ccc2C(N)=S)CCC1. The second-order valence-electron chi connectivity index (χ2n) is 5.07. The molecular weight excluding hydrogens is 296 g/mol. The molecule has 0 radical (unpaired) electrons. The van der Waals surface area contributed by atoms with Crippen LogP contribution in [0.25, 0.3) is 0 Å². The first kappa shape index (κ1) is 12.8. The smallest absolute Gasteiger partial charge is 0.106 e. The summed E-state index contributed by atoms with van der Waals surface area (Å²) < 4.78 is 1.04. The van der Waals surface area contributed by atoms with Crippen LogP contribution in [0, 0.1) is 5.41 Å². The molecule has 0 unspecified atom stereocenters. The van der Waals surface area contributed by atoms with Crippen molar-refractivity contribution in [2.75, 3.05) is 11.9 Å². The van der Waals surface area contributed by atoms with Crippen molar-refractivity contribution in [3.63, 3.8) is 0 Å². The van der Waals surface area contributed by atoms with Crippen LogP contribution >= 0.6 is 28.1 Å². The maximum Gasteiger partial charge on any atom is 0.106 e. The van der Waals surface area contributed by atoms with Gasteiger partial charge in [0, 0.05) is 22.3 Å². The van der Waals surface area contributed by atoms with Gasteiger partial charge in [0.15, 0.2) is 0 Å². The molecule has 17 heavy (non-hydrogen) atoms. The van der Waals surface area contributed by atoms with Crippen molar-refractivity contribution in [2.24, 2.45) is 11.1 Å². The molecule has 1 aliphatic carbocycles. The average Bonchev–Trinajstić information content (AvgIpc) is 2.23. The summed E-state index contributed by atoms with van der Waals surface area (Å²) in [5, 5.41) is 3.48. The summed E-state index contributed by atoms with van der Waals surface area (Å²) in [5.74, 6) is 0. The first-order valence-corrected chi connectivity index (χ1v) is 7.04. The molecule has 2 nitrogen and oxygen atoms in total. The fourth-order valence-corrected chi connectivity index (χ4v) is 2.68. The number of benzene rings is 1. The molecule has 2 rings (SSSR count). The van der Waals surface area contributed by atoms with Gasteiger partial charge in [-0.1, -0.05) is 41.5 Å². The third-order valence-corrected chi connectivity index (χ3v) is 4.23. The Morgan fingerprint density at radius 2 is 2.24 bits per heavy atom. The van der Waals surface area contributed by atoms with E-state index in [0.29, 0.717) is 10.4 Å². The number of hydrogen-bond acceptors (Lipinski definition) is 2. The Kier molecular flexibility index (Phi) is 3.73. The maximum absolute atomic E-state index is 5.73. The van der Waals surface area contributed by atoms with Gasteiger partial charge >= 0.3 is 0 Å². The van der Waals surface area contributed by atoms with Crippen molar-refractivity contribution in [1.29, 1.82) is 0 Å². The minimum atomic E-state index is 0.440. The third-order valence-electron chi connectivity index (χ3n) is 3.51. The first-order valence-electron chi connectivity index (χ1n) is 5.83. The molecule has 1 fully saturated rings. The Hall–Kier alpha value is -0.610. The summed E-state index contributed by atoms with van der Waals surface area (Å²) >= 11 is 8.54. The molecular formula is C13H17BrN2S. The lowest BCUT2D eigenvalue weighted by Crippen LogP contribution is -2.33. The lowest BCUT2D eigenvalue weighted by atomic mass is 9.70. The van der Waals surface area contributed by atoms with Crippen molar-refractivity contribution in [3.8, 4) is 0 Å². The normalized spacial score (nSPS) is 17.3. The Bertz CT molecular complexity index is 441. The van der Waals surface area contributed by atoms with E-state index in [1.807, 2.05) is 18.2 Å². The van der Waals surface area contributed by atoms with E-state index >= 15 is 0 Å². The standard InChI is InChI=1S/C13H17BrN2S/c1-13(5-2-6-13)8-16-11-7-9(14)3-4-10(11)12(15)17/h3-4,7,16H,2,5-6,8H2,1H3,(H2,15,17). The van der Waals surface area contributed by atoms with Crippen LogP contribution < -0.4 is 11.1 Å². The van der Waals surface area contributed by atoms with E-state index in [2.05, 4.69) is 28.2 Å². The van der Waals surface area contributed by atoms with Crippen LogP contribution in [0.4, 0.5) is 5.69 Å². The summed E-state index contributed by atoms with van der Waals surface area (Å²) in [6.45, 7) is 3.31. The van der Waals surface area contributed by atoms with Gasteiger partial charge in [-0.2, -0.15) is 0 Å². The van der Waals surface area contributed by atoms with E-state index in [4.69, 9.17) is 18.0 Å². The van der Waals surface area contributed by atoms with Gasteiger partial charge < -0.3 is 11.1 Å². The predicted molar refractivity (Wildman–Crippen MR) is 80.5 cm³/mol. The van der Waals surface area contributed by atoms with Crippen LogP contribution in [0.5, 0.6) is 0 Å². The van der Waals surface area contributed by atoms with E-state index in [1.54, 1.807) is 0 Å². The number of thiocarbonyl (C=S) groups is 1. The molecule has 1 aromatic rings. The summed E-state index contributed by atoms with van der Waals surface area (Å²) in [4.78, 5) is 0.443. The maximum atomic E-state index is 5.73. The number of anilines is 1. The Morgan fingerprint density at radius 3 is 2.76 bits per heavy atom. The van der Waals surface area contributed by atoms with E-state index in [0.717, 1.165) is 22.3 Å². The second kappa shape index (κ2) is 4.94. The van der Waals surface area contributed by atoms with Gasteiger partial charge in [0.2, 0.25) is 0 Å². The number of nitrogens with one attached hydrogen (secondary N) is 1. The van der Waals surface area contributed by atoms with Gasteiger partial charge in [0.25, 0.3) is 0 Å². The summed E-state index contributed by atoms with van der Waals surface area (Å²) in [6.07, 6.45) is 3.95. The lowest BCUT2D eigenvalue weighted by molar-refractivity contribution is 0.180. The van der Waals surface area contributed by atoms with Crippen LogP contribution in [-0.4, -0.2) is 11.5 Å². The first-order chi connectivity index (χ1) is 8.00. The van der Waals surface area contributed by atoms with Gasteiger partial charge in [-0.05, 0) is 36.5 Å². The zero-order chi connectivity index (χ0) is 12.5. The monoisotopic (exact) mass is 312 g/mol. The minimum Gasteiger partial charge on any atom is -0.389 e. The van der Waals surface area contributed by atoms with E-state index in [1.165, 1.54) is 19.3 Å². The minimum absolute atomic E-state index is 0.440. The molecule has 0 aromatic heterocycles. The predicted octanol–water partition coefficient (Wildman–Crippen LogP) is 3.69. The molecule has 0 heterocycles. The van der Waals surface area contributed by atoms with Gasteiger partial charge in [-0.25, -0.2) is 0 Å². The van der Waals surface area contributed by atoms with Crippen LogP contribution in [0.1, 0.15) is 31.7 Å². The number of hydrogen-bond donors (Lipinski definition) is 2.